The van der Waals surface area contributed by atoms with Crippen LogP contribution in [-0.4, -0.2) is 35.4 Å². The monoisotopic (exact) mass is 351 g/mol. The zero-order chi connectivity index (χ0) is 17.2. The molecule has 24 heavy (non-hydrogen) atoms. The molecule has 1 atom stereocenters. The molecule has 0 bridgehead atoms. The van der Waals surface area contributed by atoms with Crippen molar-refractivity contribution >= 4 is 15.9 Å². The van der Waals surface area contributed by atoms with Crippen LogP contribution < -0.4 is 5.32 Å². The first-order valence-electron chi connectivity index (χ1n) is 8.69. The summed E-state index contributed by atoms with van der Waals surface area (Å²) in [6.07, 6.45) is 5.25. The van der Waals surface area contributed by atoms with Crippen LogP contribution in [0.4, 0.5) is 0 Å². The molecule has 1 unspecified atom stereocenters. The predicted octanol–water partition coefficient (Wildman–Crippen LogP) is 2.13. The number of hydrogen-bond donors (Lipinski definition) is 1. The molecule has 1 aromatic heterocycles. The molecular weight excluding hydrogens is 326 g/mol. The lowest BCUT2D eigenvalue weighted by Crippen LogP contribution is -2.37. The molecule has 0 aromatic carbocycles. The van der Waals surface area contributed by atoms with Crippen molar-refractivity contribution in [3.63, 3.8) is 0 Å². The van der Waals surface area contributed by atoms with E-state index >= 15 is 0 Å². The molecule has 1 aromatic rings. The highest BCUT2D eigenvalue weighted by Gasteiger charge is 2.41. The fraction of sp³-hybridized carbons (Fsp3) is 0.647. The van der Waals surface area contributed by atoms with Gasteiger partial charge in [0.05, 0.1) is 29.2 Å². The summed E-state index contributed by atoms with van der Waals surface area (Å²) in [7, 11) is -3.25. The van der Waals surface area contributed by atoms with Crippen molar-refractivity contribution in [1.29, 1.82) is 0 Å². The Hall–Kier alpha value is -1.47. The first-order valence-corrected chi connectivity index (χ1v) is 10.2. The molecule has 2 heterocycles. The van der Waals surface area contributed by atoms with Gasteiger partial charge in [-0.2, -0.15) is 4.31 Å². The summed E-state index contributed by atoms with van der Waals surface area (Å²) in [6.45, 7) is 2.42. The van der Waals surface area contributed by atoms with Gasteiger partial charge in [0.1, 0.15) is 0 Å². The molecule has 0 spiro atoms. The van der Waals surface area contributed by atoms with Crippen LogP contribution >= 0.6 is 0 Å². The van der Waals surface area contributed by atoms with Crippen molar-refractivity contribution in [3.05, 3.63) is 29.6 Å². The summed E-state index contributed by atoms with van der Waals surface area (Å²) < 4.78 is 27.6. The SMILES string of the molecule is CC(=O)NCc1cccc(C2CCCN2S(=O)(=O)C2CCCC2)n1. The van der Waals surface area contributed by atoms with Crippen LogP contribution in [0.15, 0.2) is 18.2 Å². The van der Waals surface area contributed by atoms with E-state index in [1.807, 2.05) is 18.2 Å². The van der Waals surface area contributed by atoms with E-state index in [4.69, 9.17) is 0 Å². The highest BCUT2D eigenvalue weighted by Crippen LogP contribution is 2.37. The van der Waals surface area contributed by atoms with Gasteiger partial charge < -0.3 is 5.32 Å². The molecule has 6 nitrogen and oxygen atoms in total. The summed E-state index contributed by atoms with van der Waals surface area (Å²) in [4.78, 5) is 15.7. The summed E-state index contributed by atoms with van der Waals surface area (Å²) in [5, 5.41) is 2.51. The number of nitrogens with zero attached hydrogens (tertiary/aromatic N) is 2. The van der Waals surface area contributed by atoms with Gasteiger partial charge in [-0.05, 0) is 37.8 Å². The van der Waals surface area contributed by atoms with Crippen LogP contribution in [-0.2, 0) is 21.4 Å². The minimum atomic E-state index is -3.25. The van der Waals surface area contributed by atoms with Gasteiger partial charge >= 0.3 is 0 Å². The lowest BCUT2D eigenvalue weighted by Gasteiger charge is -2.27. The summed E-state index contributed by atoms with van der Waals surface area (Å²) in [5.74, 6) is -0.103. The van der Waals surface area contributed by atoms with Crippen LogP contribution in [0.25, 0.3) is 0 Å². The normalized spacial score (nSPS) is 22.8. The molecule has 2 aliphatic rings. The fourth-order valence-electron chi connectivity index (χ4n) is 3.72. The minimum Gasteiger partial charge on any atom is -0.351 e. The average molecular weight is 351 g/mol. The molecule has 1 saturated heterocycles. The predicted molar refractivity (Wildman–Crippen MR) is 91.6 cm³/mol. The number of sulfonamides is 1. The summed E-state index contributed by atoms with van der Waals surface area (Å²) in [5.41, 5.74) is 1.55. The Morgan fingerprint density at radius 2 is 2.00 bits per heavy atom. The Bertz CT molecular complexity index is 699. The second-order valence-corrected chi connectivity index (χ2v) is 8.85. The van der Waals surface area contributed by atoms with Crippen molar-refractivity contribution < 1.29 is 13.2 Å². The van der Waals surface area contributed by atoms with E-state index in [0.717, 1.165) is 49.9 Å². The number of amides is 1. The van der Waals surface area contributed by atoms with E-state index in [9.17, 15) is 13.2 Å². The molecule has 7 heteroatoms. The van der Waals surface area contributed by atoms with Crippen molar-refractivity contribution in [1.82, 2.24) is 14.6 Å². The third-order valence-electron chi connectivity index (χ3n) is 4.94. The van der Waals surface area contributed by atoms with Crippen LogP contribution in [0.1, 0.15) is 62.9 Å². The number of carbonyl (C=O) groups is 1. The lowest BCUT2D eigenvalue weighted by molar-refractivity contribution is -0.119. The smallest absolute Gasteiger partial charge is 0.217 e. The fourth-order valence-corrected chi connectivity index (χ4v) is 5.98. The molecule has 0 radical (unpaired) electrons. The second-order valence-electron chi connectivity index (χ2n) is 6.68. The maximum Gasteiger partial charge on any atom is 0.217 e. The zero-order valence-electron chi connectivity index (χ0n) is 14.1. The van der Waals surface area contributed by atoms with Crippen molar-refractivity contribution in [2.24, 2.45) is 0 Å². The summed E-state index contributed by atoms with van der Waals surface area (Å²) in [6, 6.07) is 5.46. The molecule has 1 amide bonds. The van der Waals surface area contributed by atoms with Gasteiger partial charge in [-0.3, -0.25) is 9.78 Å². The third kappa shape index (κ3) is 3.62. The number of nitrogens with one attached hydrogen (secondary N) is 1. The van der Waals surface area contributed by atoms with Gasteiger partial charge in [0.2, 0.25) is 15.9 Å². The van der Waals surface area contributed by atoms with Gasteiger partial charge in [0, 0.05) is 13.5 Å². The quantitative estimate of drug-likeness (QED) is 0.881. The maximum absolute atomic E-state index is 13.0. The van der Waals surface area contributed by atoms with Crippen LogP contribution in [0, 0.1) is 0 Å². The Morgan fingerprint density at radius 3 is 2.71 bits per heavy atom. The molecule has 2 fully saturated rings. The van der Waals surface area contributed by atoms with E-state index in [-0.39, 0.29) is 17.2 Å². The van der Waals surface area contributed by atoms with Gasteiger partial charge in [-0.15, -0.1) is 0 Å². The topological polar surface area (TPSA) is 79.4 Å². The van der Waals surface area contributed by atoms with Crippen molar-refractivity contribution in [3.8, 4) is 0 Å². The third-order valence-corrected chi connectivity index (χ3v) is 7.35. The molecule has 1 aliphatic heterocycles. The number of hydrogen-bond acceptors (Lipinski definition) is 4. The van der Waals surface area contributed by atoms with Gasteiger partial charge in [0.25, 0.3) is 0 Å². The largest absolute Gasteiger partial charge is 0.351 e. The average Bonchev–Trinajstić information content (AvgIpc) is 3.24. The Labute approximate surface area is 143 Å². The first-order chi connectivity index (χ1) is 11.5. The van der Waals surface area contributed by atoms with E-state index in [2.05, 4.69) is 10.3 Å². The van der Waals surface area contributed by atoms with E-state index in [0.29, 0.717) is 13.1 Å². The van der Waals surface area contributed by atoms with Gasteiger partial charge in [-0.25, -0.2) is 8.42 Å². The number of aromatic nitrogens is 1. The number of rotatable bonds is 5. The molecule has 3 rings (SSSR count). The van der Waals surface area contributed by atoms with Gasteiger partial charge in [0.15, 0.2) is 0 Å². The first kappa shape index (κ1) is 17.4. The Balaban J connectivity index is 1.80. The van der Waals surface area contributed by atoms with Crippen LogP contribution in [0.5, 0.6) is 0 Å². The molecule has 1 saturated carbocycles. The van der Waals surface area contributed by atoms with E-state index < -0.39 is 10.0 Å². The van der Waals surface area contributed by atoms with Gasteiger partial charge in [-0.1, -0.05) is 18.9 Å². The number of carbonyl (C=O) groups excluding carboxylic acids is 1. The molecular formula is C17H25N3O3S. The molecule has 1 N–H and O–H groups in total. The van der Waals surface area contributed by atoms with E-state index in [1.165, 1.54) is 6.92 Å². The Kier molecular flexibility index (Phi) is 5.20. The van der Waals surface area contributed by atoms with Crippen molar-refractivity contribution in [2.75, 3.05) is 6.54 Å². The van der Waals surface area contributed by atoms with E-state index in [1.54, 1.807) is 4.31 Å². The Morgan fingerprint density at radius 1 is 1.25 bits per heavy atom. The highest BCUT2D eigenvalue weighted by molar-refractivity contribution is 7.89. The van der Waals surface area contributed by atoms with Crippen LogP contribution in [0.2, 0.25) is 0 Å². The minimum absolute atomic E-state index is 0.103. The lowest BCUT2D eigenvalue weighted by atomic mass is 10.1. The standard InChI is InChI=1S/C17H25N3O3S/c1-13(21)18-12-14-6-4-9-16(19-14)17-10-5-11-20(17)24(22,23)15-7-2-3-8-15/h4,6,9,15,17H,2-3,5,7-8,10-12H2,1H3,(H,18,21). The second kappa shape index (κ2) is 7.19. The zero-order valence-corrected chi connectivity index (χ0v) is 14.9. The maximum atomic E-state index is 13.0. The number of pyridine rings is 1. The molecule has 132 valence electrons. The van der Waals surface area contributed by atoms with Crippen LogP contribution in [0.3, 0.4) is 0 Å². The molecule has 1 aliphatic carbocycles. The summed E-state index contributed by atoms with van der Waals surface area (Å²) >= 11 is 0. The highest BCUT2D eigenvalue weighted by atomic mass is 32.2. The van der Waals surface area contributed by atoms with Crippen molar-refractivity contribution in [2.45, 2.75) is 63.3 Å².